The highest BCUT2D eigenvalue weighted by atomic mass is 32.2. The Bertz CT molecular complexity index is 849. The second kappa shape index (κ2) is 7.12. The first-order valence-corrected chi connectivity index (χ1v) is 10.1. The van der Waals surface area contributed by atoms with Gasteiger partial charge >= 0.3 is 0 Å². The first kappa shape index (κ1) is 16.6. The van der Waals surface area contributed by atoms with Crippen LogP contribution in [0.1, 0.15) is 25.0 Å². The maximum Gasteiger partial charge on any atom is 0.122 e. The van der Waals surface area contributed by atoms with Crippen LogP contribution in [-0.2, 0) is 0 Å². The molecule has 0 bridgehead atoms. The predicted molar refractivity (Wildman–Crippen MR) is 106 cm³/mol. The highest BCUT2D eigenvalue weighted by molar-refractivity contribution is 8.35. The van der Waals surface area contributed by atoms with Crippen molar-refractivity contribution in [1.82, 2.24) is 5.41 Å². The number of thioether (sulfide) groups is 4. The zero-order chi connectivity index (χ0) is 16.4. The van der Waals surface area contributed by atoms with Gasteiger partial charge in [0.1, 0.15) is 11.6 Å². The van der Waals surface area contributed by atoms with E-state index in [-0.39, 0.29) is 5.57 Å². The van der Waals surface area contributed by atoms with Gasteiger partial charge in [0.15, 0.2) is 0 Å². The first-order chi connectivity index (χ1) is 11.1. The molecule has 3 rings (SSSR count). The molecule has 0 fully saturated rings. The molecule has 23 heavy (non-hydrogen) atoms. The lowest BCUT2D eigenvalue weighted by molar-refractivity contribution is 1.52. The van der Waals surface area contributed by atoms with Crippen molar-refractivity contribution in [2.45, 2.75) is 13.8 Å². The summed E-state index contributed by atoms with van der Waals surface area (Å²) in [5.41, 5.74) is 1.88. The summed E-state index contributed by atoms with van der Waals surface area (Å²) in [6.07, 6.45) is 0. The molecule has 0 spiro atoms. The minimum absolute atomic E-state index is 0.152. The molecule has 6 heteroatoms. The fraction of sp³-hybridized carbons (Fsp3) is 0.118. The van der Waals surface area contributed by atoms with Crippen LogP contribution < -0.4 is 5.41 Å². The Morgan fingerprint density at radius 2 is 1.78 bits per heavy atom. The van der Waals surface area contributed by atoms with Gasteiger partial charge in [0.25, 0.3) is 0 Å². The van der Waals surface area contributed by atoms with Crippen LogP contribution >= 0.6 is 47.0 Å². The van der Waals surface area contributed by atoms with Crippen LogP contribution in [-0.4, -0.2) is 5.87 Å². The highest BCUT2D eigenvalue weighted by Crippen LogP contribution is 2.59. The summed E-state index contributed by atoms with van der Waals surface area (Å²) in [6, 6.07) is 9.58. The zero-order valence-electron chi connectivity index (χ0n) is 12.4. The third-order valence-corrected chi connectivity index (χ3v) is 8.86. The SMILES string of the molecule is CC1=C(C)SC(=C2SC=C(c3cccc(C(=C=[N])C#N)c3)S2)S1. The molecule has 2 aliphatic rings. The third-order valence-electron chi connectivity index (χ3n) is 3.29. The Kier molecular flexibility index (Phi) is 5.15. The molecule has 0 aromatic heterocycles. The van der Waals surface area contributed by atoms with E-state index in [2.05, 4.69) is 19.3 Å². The lowest BCUT2D eigenvalue weighted by atomic mass is 10.1. The van der Waals surface area contributed by atoms with E-state index < -0.39 is 0 Å². The number of hydrogen-bond donors (Lipinski definition) is 0. The summed E-state index contributed by atoms with van der Waals surface area (Å²) < 4.78 is 2.65. The molecular formula is C17H11N2S4. The van der Waals surface area contributed by atoms with Crippen LogP contribution in [0.25, 0.3) is 10.5 Å². The third kappa shape index (κ3) is 3.50. The Balaban J connectivity index is 1.83. The van der Waals surface area contributed by atoms with Crippen LogP contribution in [0.15, 0.2) is 48.0 Å². The van der Waals surface area contributed by atoms with Crippen molar-refractivity contribution < 1.29 is 0 Å². The summed E-state index contributed by atoms with van der Waals surface area (Å²) >= 11 is 7.19. The molecular weight excluding hydrogens is 360 g/mol. The molecule has 0 N–H and O–H groups in total. The van der Waals surface area contributed by atoms with Crippen molar-refractivity contribution in [3.05, 3.63) is 59.1 Å². The van der Waals surface area contributed by atoms with Crippen molar-refractivity contribution in [1.29, 1.82) is 5.26 Å². The summed E-state index contributed by atoms with van der Waals surface area (Å²) in [4.78, 5) is 3.91. The number of benzene rings is 1. The quantitative estimate of drug-likeness (QED) is 0.493. The number of nitrogens with zero attached hydrogens (tertiary/aromatic N) is 2. The van der Waals surface area contributed by atoms with E-state index in [1.807, 2.05) is 53.7 Å². The van der Waals surface area contributed by atoms with Crippen LogP contribution in [0.5, 0.6) is 0 Å². The minimum Gasteiger partial charge on any atom is -0.192 e. The van der Waals surface area contributed by atoms with Gasteiger partial charge in [-0.05, 0) is 40.7 Å². The van der Waals surface area contributed by atoms with E-state index >= 15 is 0 Å². The smallest absolute Gasteiger partial charge is 0.122 e. The summed E-state index contributed by atoms with van der Waals surface area (Å²) in [5, 5.41) is 20.2. The summed E-state index contributed by atoms with van der Waals surface area (Å²) in [5.74, 6) is 1.95. The summed E-state index contributed by atoms with van der Waals surface area (Å²) in [7, 11) is 0. The topological polar surface area (TPSA) is 46.1 Å². The van der Waals surface area contributed by atoms with Gasteiger partial charge in [-0.3, -0.25) is 0 Å². The number of allylic oxidation sites excluding steroid dienone is 3. The molecule has 0 saturated carbocycles. The van der Waals surface area contributed by atoms with E-state index in [0.29, 0.717) is 5.56 Å². The average Bonchev–Trinajstić information content (AvgIpc) is 3.17. The summed E-state index contributed by atoms with van der Waals surface area (Å²) in [6.45, 7) is 4.31. The van der Waals surface area contributed by atoms with Crippen molar-refractivity contribution in [3.63, 3.8) is 0 Å². The van der Waals surface area contributed by atoms with E-state index in [0.717, 1.165) is 10.5 Å². The molecule has 1 radical (unpaired) electrons. The number of nitriles is 1. The molecule has 0 saturated heterocycles. The lowest BCUT2D eigenvalue weighted by Crippen LogP contribution is -1.85. The fourth-order valence-electron chi connectivity index (χ4n) is 1.98. The van der Waals surface area contributed by atoms with Gasteiger partial charge in [-0.25, -0.2) is 0 Å². The second-order valence-electron chi connectivity index (χ2n) is 4.77. The first-order valence-electron chi connectivity index (χ1n) is 6.72. The van der Waals surface area contributed by atoms with E-state index in [1.165, 1.54) is 18.3 Å². The standard InChI is InChI=1S/C17H11N2S4/c1-10-11(2)22-17(21-10)16-20-9-15(23-16)13-5-3-4-12(6-13)14(7-18)8-19/h3-6,9H,1-2H3. The van der Waals surface area contributed by atoms with Crippen LogP contribution in [0.2, 0.25) is 0 Å². The van der Waals surface area contributed by atoms with Gasteiger partial charge in [-0.1, -0.05) is 70.7 Å². The monoisotopic (exact) mass is 371 g/mol. The van der Waals surface area contributed by atoms with Gasteiger partial charge < -0.3 is 0 Å². The van der Waals surface area contributed by atoms with Gasteiger partial charge in [-0.15, -0.1) is 0 Å². The zero-order valence-corrected chi connectivity index (χ0v) is 15.7. The van der Waals surface area contributed by atoms with Crippen molar-refractivity contribution in [2.75, 3.05) is 0 Å². The molecule has 2 heterocycles. The van der Waals surface area contributed by atoms with Gasteiger partial charge in [-0.2, -0.15) is 5.26 Å². The molecule has 0 atom stereocenters. The molecule has 2 nitrogen and oxygen atoms in total. The number of hydrogen-bond acceptors (Lipinski definition) is 5. The van der Waals surface area contributed by atoms with Crippen LogP contribution in [0.3, 0.4) is 0 Å². The molecule has 0 amide bonds. The maximum absolute atomic E-state index is 9.02. The van der Waals surface area contributed by atoms with Crippen molar-refractivity contribution in [2.24, 2.45) is 0 Å². The lowest BCUT2D eigenvalue weighted by Gasteiger charge is -2.05. The van der Waals surface area contributed by atoms with Crippen molar-refractivity contribution in [3.8, 4) is 6.07 Å². The van der Waals surface area contributed by atoms with Crippen LogP contribution in [0, 0.1) is 11.3 Å². The van der Waals surface area contributed by atoms with E-state index in [1.54, 1.807) is 29.6 Å². The fourth-order valence-corrected chi connectivity index (χ4v) is 7.11. The molecule has 113 valence electrons. The molecule has 2 aliphatic heterocycles. The largest absolute Gasteiger partial charge is 0.192 e. The Morgan fingerprint density at radius 1 is 1.04 bits per heavy atom. The van der Waals surface area contributed by atoms with Gasteiger partial charge in [0.2, 0.25) is 0 Å². The second-order valence-corrected chi connectivity index (χ2v) is 9.67. The van der Waals surface area contributed by atoms with E-state index in [9.17, 15) is 0 Å². The van der Waals surface area contributed by atoms with Gasteiger partial charge in [0, 0.05) is 16.3 Å². The molecule has 1 aromatic rings. The average molecular weight is 372 g/mol. The normalized spacial score (nSPS) is 17.2. The highest BCUT2D eigenvalue weighted by Gasteiger charge is 2.23. The van der Waals surface area contributed by atoms with Crippen molar-refractivity contribution >= 4 is 63.4 Å². The predicted octanol–water partition coefficient (Wildman–Crippen LogP) is 5.70. The Labute approximate surface area is 152 Å². The number of rotatable bonds is 2. The Morgan fingerprint density at radius 3 is 2.43 bits per heavy atom. The Hall–Kier alpha value is -1.22. The molecule has 0 unspecified atom stereocenters. The molecule has 1 aromatic carbocycles. The van der Waals surface area contributed by atoms with Gasteiger partial charge in [0.05, 0.1) is 8.47 Å². The maximum atomic E-state index is 9.02. The molecule has 0 aliphatic carbocycles. The van der Waals surface area contributed by atoms with Crippen LogP contribution in [0.4, 0.5) is 0 Å². The minimum atomic E-state index is 0.152. The van der Waals surface area contributed by atoms with E-state index in [4.69, 9.17) is 10.7 Å².